The monoisotopic (exact) mass is 359 g/mol. The van der Waals surface area contributed by atoms with Crippen molar-refractivity contribution in [3.05, 3.63) is 29.5 Å². The van der Waals surface area contributed by atoms with Crippen LogP contribution in [-0.4, -0.2) is 31.9 Å². The van der Waals surface area contributed by atoms with E-state index >= 15 is 0 Å². The van der Waals surface area contributed by atoms with Crippen LogP contribution in [0.2, 0.25) is 0 Å². The molecule has 3 rings (SSSR count). The normalized spacial score (nSPS) is 12.0. The van der Waals surface area contributed by atoms with Crippen molar-refractivity contribution in [2.24, 2.45) is 7.05 Å². The van der Waals surface area contributed by atoms with Crippen molar-refractivity contribution in [3.63, 3.8) is 0 Å². The highest BCUT2D eigenvalue weighted by Gasteiger charge is 2.38. The van der Waals surface area contributed by atoms with Gasteiger partial charge in [-0.05, 0) is 6.07 Å². The fourth-order valence-electron chi connectivity index (χ4n) is 2.36. The smallest absolute Gasteiger partial charge is 0.419 e. The Morgan fingerprint density at radius 2 is 1.88 bits per heavy atom. The molecule has 0 spiro atoms. The van der Waals surface area contributed by atoms with Gasteiger partial charge < -0.3 is 10.4 Å². The van der Waals surface area contributed by atoms with Gasteiger partial charge in [-0.3, -0.25) is 0 Å². The number of aromatic nitrogens is 4. The summed E-state index contributed by atoms with van der Waals surface area (Å²) in [6.07, 6.45) is -3.88. The van der Waals surface area contributed by atoms with Crippen molar-refractivity contribution in [3.8, 4) is 17.0 Å². The van der Waals surface area contributed by atoms with E-state index in [-0.39, 0.29) is 28.7 Å². The van der Waals surface area contributed by atoms with E-state index in [4.69, 9.17) is 0 Å². The van der Waals surface area contributed by atoms with E-state index in [1.165, 1.54) is 17.9 Å². The third-order valence-electron chi connectivity index (χ3n) is 3.54. The molecule has 0 saturated heterocycles. The number of fused-ring (bicyclic) bond motifs is 1. The van der Waals surface area contributed by atoms with Gasteiger partial charge in [0.2, 0.25) is 5.95 Å². The lowest BCUT2D eigenvalue weighted by atomic mass is 10.0. The van der Waals surface area contributed by atoms with Crippen molar-refractivity contribution in [2.45, 2.75) is 6.18 Å². The van der Waals surface area contributed by atoms with Crippen LogP contribution >= 0.6 is 0 Å². The minimum atomic E-state index is -5.12. The van der Waals surface area contributed by atoms with Gasteiger partial charge in [-0.2, -0.15) is 23.3 Å². The Morgan fingerprint density at radius 3 is 2.48 bits per heavy atom. The molecule has 0 atom stereocenters. The van der Waals surface area contributed by atoms with Crippen LogP contribution in [0, 0.1) is 11.6 Å². The molecule has 6 nitrogen and oxygen atoms in total. The molecule has 132 valence electrons. The first-order valence-electron chi connectivity index (χ1n) is 6.81. The molecule has 25 heavy (non-hydrogen) atoms. The fraction of sp³-hybridized carbons (Fsp3) is 0.214. The second-order valence-electron chi connectivity index (χ2n) is 5.10. The summed E-state index contributed by atoms with van der Waals surface area (Å²) < 4.78 is 67.9. The Labute approximate surface area is 136 Å². The van der Waals surface area contributed by atoms with Crippen LogP contribution in [0.15, 0.2) is 12.3 Å². The Bertz CT molecular complexity index is 982. The lowest BCUT2D eigenvalue weighted by molar-refractivity contribution is -0.140. The number of aromatic hydroxyl groups is 1. The number of anilines is 1. The Morgan fingerprint density at radius 1 is 1.20 bits per heavy atom. The van der Waals surface area contributed by atoms with Gasteiger partial charge in [0.1, 0.15) is 5.69 Å². The third-order valence-corrected chi connectivity index (χ3v) is 3.54. The largest absolute Gasteiger partial charge is 0.503 e. The van der Waals surface area contributed by atoms with E-state index < -0.39 is 34.7 Å². The van der Waals surface area contributed by atoms with Crippen LogP contribution in [0.5, 0.6) is 5.75 Å². The topological polar surface area (TPSA) is 75.9 Å². The number of nitrogens with zero attached hydrogens (tertiary/aromatic N) is 4. The lowest BCUT2D eigenvalue weighted by Gasteiger charge is -2.12. The van der Waals surface area contributed by atoms with E-state index in [2.05, 4.69) is 20.4 Å². The second-order valence-corrected chi connectivity index (χ2v) is 5.10. The summed E-state index contributed by atoms with van der Waals surface area (Å²) in [7, 11) is 3.01. The van der Waals surface area contributed by atoms with Gasteiger partial charge >= 0.3 is 6.18 Å². The minimum Gasteiger partial charge on any atom is -0.503 e. The molecule has 2 heterocycles. The first kappa shape index (κ1) is 16.9. The average Bonchev–Trinajstić information content (AvgIpc) is 2.88. The van der Waals surface area contributed by atoms with E-state index in [1.807, 2.05) is 0 Å². The van der Waals surface area contributed by atoms with E-state index in [0.29, 0.717) is 0 Å². The third kappa shape index (κ3) is 2.61. The van der Waals surface area contributed by atoms with Gasteiger partial charge in [0.25, 0.3) is 0 Å². The SMILES string of the molecule is CNc1ncc2c(-c3cc(C(F)(F)F)c(F)c(O)c3F)nn(C)c2n1. The molecule has 2 N–H and O–H groups in total. The average molecular weight is 359 g/mol. The molecule has 0 fully saturated rings. The highest BCUT2D eigenvalue weighted by molar-refractivity contribution is 5.91. The highest BCUT2D eigenvalue weighted by Crippen LogP contribution is 2.41. The minimum absolute atomic E-state index is 0.138. The maximum absolute atomic E-state index is 14.2. The maximum atomic E-state index is 14.2. The molecule has 11 heteroatoms. The number of phenols is 1. The van der Waals surface area contributed by atoms with Crippen molar-refractivity contribution in [1.82, 2.24) is 19.7 Å². The number of aryl methyl sites for hydroxylation is 1. The zero-order valence-electron chi connectivity index (χ0n) is 12.8. The van der Waals surface area contributed by atoms with Crippen LogP contribution in [0.25, 0.3) is 22.3 Å². The summed E-state index contributed by atoms with van der Waals surface area (Å²) in [5.74, 6) is -5.14. The number of alkyl halides is 3. The van der Waals surface area contributed by atoms with Gasteiger partial charge in [-0.25, -0.2) is 18.4 Å². The number of nitrogens with one attached hydrogen (secondary N) is 1. The Kier molecular flexibility index (Phi) is 3.73. The molecule has 0 aliphatic rings. The summed E-state index contributed by atoms with van der Waals surface area (Å²) in [4.78, 5) is 7.99. The number of phenolic OH excluding ortho intramolecular Hbond substituents is 1. The molecular weight excluding hydrogens is 349 g/mol. The van der Waals surface area contributed by atoms with E-state index in [0.717, 1.165) is 0 Å². The quantitative estimate of drug-likeness (QED) is 0.688. The standard InChI is InChI=1S/C14H10F5N5O/c1-20-13-21-4-6-10(23-24(2)12(6)22-13)5-3-7(14(17,18)19)9(16)11(25)8(5)15/h3-4,25H,1-2H3,(H,20,21,22). The predicted octanol–water partition coefficient (Wildman–Crippen LogP) is 3.07. The summed E-state index contributed by atoms with van der Waals surface area (Å²) >= 11 is 0. The zero-order valence-corrected chi connectivity index (χ0v) is 12.8. The molecule has 0 radical (unpaired) electrons. The zero-order chi connectivity index (χ0) is 18.5. The number of rotatable bonds is 2. The maximum Gasteiger partial charge on any atom is 0.419 e. The molecule has 0 aliphatic carbocycles. The summed E-state index contributed by atoms with van der Waals surface area (Å²) in [5.41, 5.74) is -2.55. The molecule has 0 amide bonds. The molecule has 0 bridgehead atoms. The van der Waals surface area contributed by atoms with Crippen molar-refractivity contribution in [2.75, 3.05) is 12.4 Å². The molecule has 0 unspecified atom stereocenters. The Balaban J connectivity index is 2.34. The molecule has 1 aromatic carbocycles. The van der Waals surface area contributed by atoms with Crippen LogP contribution in [0.3, 0.4) is 0 Å². The summed E-state index contributed by atoms with van der Waals surface area (Å²) in [6.45, 7) is 0. The van der Waals surface area contributed by atoms with Crippen LogP contribution in [-0.2, 0) is 13.2 Å². The molecule has 0 saturated carbocycles. The first-order chi connectivity index (χ1) is 11.6. The highest BCUT2D eigenvalue weighted by atomic mass is 19.4. The van der Waals surface area contributed by atoms with Gasteiger partial charge in [0.15, 0.2) is 23.0 Å². The number of hydrogen-bond donors (Lipinski definition) is 2. The second kappa shape index (κ2) is 5.53. The molecule has 2 aromatic heterocycles. The van der Waals surface area contributed by atoms with Gasteiger partial charge in [-0.1, -0.05) is 0 Å². The summed E-state index contributed by atoms with van der Waals surface area (Å²) in [5, 5.41) is 16.2. The summed E-state index contributed by atoms with van der Waals surface area (Å²) in [6, 6.07) is 0.262. The predicted molar refractivity (Wildman–Crippen MR) is 77.9 cm³/mol. The van der Waals surface area contributed by atoms with Crippen molar-refractivity contribution >= 4 is 17.0 Å². The van der Waals surface area contributed by atoms with E-state index in [1.54, 1.807) is 7.05 Å². The van der Waals surface area contributed by atoms with Crippen LogP contribution in [0.4, 0.5) is 27.9 Å². The van der Waals surface area contributed by atoms with Crippen LogP contribution < -0.4 is 5.32 Å². The van der Waals surface area contributed by atoms with Gasteiger partial charge in [-0.15, -0.1) is 0 Å². The van der Waals surface area contributed by atoms with Crippen molar-refractivity contribution < 1.29 is 27.1 Å². The van der Waals surface area contributed by atoms with Gasteiger partial charge in [0, 0.05) is 25.9 Å². The first-order valence-corrected chi connectivity index (χ1v) is 6.81. The molecular formula is C14H10F5N5O. The van der Waals surface area contributed by atoms with Crippen molar-refractivity contribution in [1.29, 1.82) is 0 Å². The number of benzene rings is 1. The molecule has 0 aliphatic heterocycles. The molecule has 3 aromatic rings. The lowest BCUT2D eigenvalue weighted by Crippen LogP contribution is -2.10. The number of halogens is 5. The fourth-order valence-corrected chi connectivity index (χ4v) is 2.36. The Hall–Kier alpha value is -2.98. The van der Waals surface area contributed by atoms with Gasteiger partial charge in [0.05, 0.1) is 10.9 Å². The van der Waals surface area contributed by atoms with E-state index in [9.17, 15) is 27.1 Å². The number of hydrogen-bond acceptors (Lipinski definition) is 5. The van der Waals surface area contributed by atoms with Crippen LogP contribution in [0.1, 0.15) is 5.56 Å².